The quantitative estimate of drug-likeness (QED) is 0.392. The van der Waals surface area contributed by atoms with Crippen LogP contribution in [-0.2, 0) is 4.79 Å². The number of halogens is 3. The van der Waals surface area contributed by atoms with Crippen molar-refractivity contribution in [3.05, 3.63) is 49.3 Å². The number of rotatable bonds is 7. The fourth-order valence-electron chi connectivity index (χ4n) is 2.02. The van der Waals surface area contributed by atoms with E-state index in [1.807, 2.05) is 12.1 Å². The number of ether oxygens (including phenoxy) is 2. The Morgan fingerprint density at radius 2 is 1.81 bits per heavy atom. The van der Waals surface area contributed by atoms with Gasteiger partial charge in [0.2, 0.25) is 0 Å². The number of hydrazone groups is 1. The number of hydrogen-bond acceptors (Lipinski definition) is 5. The van der Waals surface area contributed by atoms with Crippen LogP contribution >= 0.6 is 47.8 Å². The zero-order valence-corrected chi connectivity index (χ0v) is 18.7. The molecule has 0 spiro atoms. The van der Waals surface area contributed by atoms with E-state index in [2.05, 4.69) is 63.6 Å². The van der Waals surface area contributed by atoms with Gasteiger partial charge in [-0.2, -0.15) is 5.10 Å². The molecule has 26 heavy (non-hydrogen) atoms. The minimum Gasteiger partial charge on any atom is -0.497 e. The molecular weight excluding hydrogens is 534 g/mol. The third-order valence-corrected chi connectivity index (χ3v) is 4.97. The summed E-state index contributed by atoms with van der Waals surface area (Å²) in [5, 5.41) is 7.01. The summed E-state index contributed by atoms with van der Waals surface area (Å²) in [7, 11) is 3.14. The van der Waals surface area contributed by atoms with Crippen molar-refractivity contribution >= 4 is 65.6 Å². The molecule has 0 heterocycles. The van der Waals surface area contributed by atoms with Crippen molar-refractivity contribution in [2.24, 2.45) is 5.10 Å². The number of carbonyl (C=O) groups excluding carboxylic acids is 1. The number of anilines is 1. The van der Waals surface area contributed by atoms with E-state index in [-0.39, 0.29) is 12.5 Å². The highest BCUT2D eigenvalue weighted by Crippen LogP contribution is 2.34. The summed E-state index contributed by atoms with van der Waals surface area (Å²) in [5.74, 6) is 0.997. The molecule has 0 saturated heterocycles. The van der Waals surface area contributed by atoms with E-state index in [0.29, 0.717) is 11.5 Å². The number of hydrogen-bond donors (Lipinski definition) is 2. The number of nitrogens with zero attached hydrogens (tertiary/aromatic N) is 1. The van der Waals surface area contributed by atoms with Gasteiger partial charge < -0.3 is 14.8 Å². The van der Waals surface area contributed by atoms with Gasteiger partial charge in [-0.05, 0) is 56.1 Å². The first-order valence-electron chi connectivity index (χ1n) is 7.37. The number of benzene rings is 2. The lowest BCUT2D eigenvalue weighted by atomic mass is 10.2. The van der Waals surface area contributed by atoms with E-state index in [4.69, 9.17) is 9.47 Å². The van der Waals surface area contributed by atoms with Crippen LogP contribution in [0.25, 0.3) is 0 Å². The van der Waals surface area contributed by atoms with E-state index in [1.165, 1.54) is 6.21 Å². The molecule has 0 aliphatic rings. The molecular formula is C17H16Br3N3O3. The Bertz CT molecular complexity index is 805. The Labute approximate surface area is 176 Å². The maximum Gasteiger partial charge on any atom is 0.259 e. The fourth-order valence-corrected chi connectivity index (χ4v) is 4.56. The molecule has 0 radical (unpaired) electrons. The van der Waals surface area contributed by atoms with Gasteiger partial charge in [0.1, 0.15) is 11.5 Å². The monoisotopic (exact) mass is 547 g/mol. The van der Waals surface area contributed by atoms with Crippen LogP contribution in [0.1, 0.15) is 5.56 Å². The number of methoxy groups -OCH3 is 2. The van der Waals surface area contributed by atoms with Crippen molar-refractivity contribution in [2.75, 3.05) is 26.1 Å². The topological polar surface area (TPSA) is 72.0 Å². The molecule has 0 unspecified atom stereocenters. The van der Waals surface area contributed by atoms with Crippen molar-refractivity contribution in [3.8, 4) is 11.5 Å². The van der Waals surface area contributed by atoms with Gasteiger partial charge in [0.15, 0.2) is 0 Å². The van der Waals surface area contributed by atoms with Crippen LogP contribution in [0.5, 0.6) is 11.5 Å². The molecule has 138 valence electrons. The highest BCUT2D eigenvalue weighted by Gasteiger charge is 2.08. The highest BCUT2D eigenvalue weighted by atomic mass is 79.9. The van der Waals surface area contributed by atoms with Crippen LogP contribution in [-0.4, -0.2) is 32.9 Å². The standard InChI is InChI=1S/C17H16Br3N3O3/c1-25-12-4-3-10(15(7-12)26-2)8-22-23-16(24)9-21-17-13(19)5-11(18)6-14(17)20/h3-8,21H,9H2,1-2H3,(H,23,24)/b22-8+. The Morgan fingerprint density at radius 1 is 1.12 bits per heavy atom. The van der Waals surface area contributed by atoms with Gasteiger partial charge in [0, 0.05) is 25.0 Å². The third kappa shape index (κ3) is 5.72. The summed E-state index contributed by atoms with van der Waals surface area (Å²) in [5.41, 5.74) is 3.98. The van der Waals surface area contributed by atoms with Gasteiger partial charge in [-0.3, -0.25) is 4.79 Å². The maximum atomic E-state index is 12.0. The summed E-state index contributed by atoms with van der Waals surface area (Å²) in [6.45, 7) is 0.0654. The minimum atomic E-state index is -0.282. The van der Waals surface area contributed by atoms with Gasteiger partial charge in [-0.15, -0.1) is 0 Å². The average Bonchev–Trinajstić information content (AvgIpc) is 2.61. The second-order valence-corrected chi connectivity index (χ2v) is 7.62. The van der Waals surface area contributed by atoms with Crippen LogP contribution in [0, 0.1) is 0 Å². The average molecular weight is 550 g/mol. The normalized spacial score (nSPS) is 10.7. The van der Waals surface area contributed by atoms with E-state index < -0.39 is 0 Å². The second-order valence-electron chi connectivity index (χ2n) is 5.00. The van der Waals surface area contributed by atoms with E-state index in [1.54, 1.807) is 32.4 Å². The molecule has 0 fully saturated rings. The second kappa shape index (κ2) is 9.94. The van der Waals surface area contributed by atoms with Gasteiger partial charge >= 0.3 is 0 Å². The smallest absolute Gasteiger partial charge is 0.259 e. The minimum absolute atomic E-state index is 0.0654. The molecule has 2 N–H and O–H groups in total. The summed E-state index contributed by atoms with van der Waals surface area (Å²) in [6, 6.07) is 9.10. The Kier molecular flexibility index (Phi) is 7.92. The van der Waals surface area contributed by atoms with Gasteiger partial charge in [0.25, 0.3) is 5.91 Å². The lowest BCUT2D eigenvalue weighted by Gasteiger charge is -2.10. The van der Waals surface area contributed by atoms with Crippen LogP contribution in [0.3, 0.4) is 0 Å². The number of nitrogens with one attached hydrogen (secondary N) is 2. The summed E-state index contributed by atoms with van der Waals surface area (Å²) >= 11 is 10.3. The van der Waals surface area contributed by atoms with Crippen molar-refractivity contribution in [3.63, 3.8) is 0 Å². The largest absolute Gasteiger partial charge is 0.497 e. The van der Waals surface area contributed by atoms with Crippen LogP contribution in [0.4, 0.5) is 5.69 Å². The molecule has 0 aliphatic carbocycles. The van der Waals surface area contributed by atoms with Gasteiger partial charge in [0.05, 0.1) is 32.7 Å². The third-order valence-electron chi connectivity index (χ3n) is 3.27. The molecule has 2 rings (SSSR count). The molecule has 2 aromatic carbocycles. The number of amides is 1. The van der Waals surface area contributed by atoms with Crippen LogP contribution in [0.15, 0.2) is 48.9 Å². The predicted molar refractivity (Wildman–Crippen MR) is 113 cm³/mol. The van der Waals surface area contributed by atoms with Crippen LogP contribution in [0.2, 0.25) is 0 Å². The molecule has 1 amide bonds. The van der Waals surface area contributed by atoms with Gasteiger partial charge in [-0.25, -0.2) is 5.43 Å². The fraction of sp³-hybridized carbons (Fsp3) is 0.176. The molecule has 0 saturated carbocycles. The lowest BCUT2D eigenvalue weighted by molar-refractivity contribution is -0.119. The molecule has 0 atom stereocenters. The summed E-state index contributed by atoms with van der Waals surface area (Å²) in [6.07, 6.45) is 1.52. The predicted octanol–water partition coefficient (Wildman–Crippen LogP) is 4.55. The highest BCUT2D eigenvalue weighted by molar-refractivity contribution is 9.11. The molecule has 0 bridgehead atoms. The van der Waals surface area contributed by atoms with E-state index in [9.17, 15) is 4.79 Å². The first-order valence-corrected chi connectivity index (χ1v) is 9.75. The van der Waals surface area contributed by atoms with E-state index in [0.717, 1.165) is 24.7 Å². The molecule has 6 nitrogen and oxygen atoms in total. The first kappa shape index (κ1) is 20.7. The Morgan fingerprint density at radius 3 is 2.42 bits per heavy atom. The maximum absolute atomic E-state index is 12.0. The molecule has 0 aliphatic heterocycles. The molecule has 9 heteroatoms. The Hall–Kier alpha value is -1.58. The first-order chi connectivity index (χ1) is 12.4. The van der Waals surface area contributed by atoms with Crippen molar-refractivity contribution in [1.29, 1.82) is 0 Å². The van der Waals surface area contributed by atoms with Crippen LogP contribution < -0.4 is 20.2 Å². The van der Waals surface area contributed by atoms with E-state index >= 15 is 0 Å². The number of carbonyl (C=O) groups is 1. The lowest BCUT2D eigenvalue weighted by Crippen LogP contribution is -2.26. The zero-order chi connectivity index (χ0) is 19.1. The van der Waals surface area contributed by atoms with Crippen molar-refractivity contribution < 1.29 is 14.3 Å². The SMILES string of the molecule is COc1ccc(/C=N/NC(=O)CNc2c(Br)cc(Br)cc2Br)c(OC)c1. The van der Waals surface area contributed by atoms with Crippen molar-refractivity contribution in [2.45, 2.75) is 0 Å². The summed E-state index contributed by atoms with van der Waals surface area (Å²) in [4.78, 5) is 12.0. The Balaban J connectivity index is 1.94. The molecule has 0 aromatic heterocycles. The molecule has 2 aromatic rings. The van der Waals surface area contributed by atoms with Crippen molar-refractivity contribution in [1.82, 2.24) is 5.43 Å². The summed E-state index contributed by atoms with van der Waals surface area (Å²) < 4.78 is 13.0. The zero-order valence-electron chi connectivity index (χ0n) is 14.0. The van der Waals surface area contributed by atoms with Gasteiger partial charge in [-0.1, -0.05) is 15.9 Å².